The lowest BCUT2D eigenvalue weighted by Gasteiger charge is -2.15. The first kappa shape index (κ1) is 26.7. The monoisotopic (exact) mass is 568 g/mol. The molecule has 0 amide bonds. The zero-order valence-electron chi connectivity index (χ0n) is 23.6. The topological polar surface area (TPSA) is 0 Å². The molecule has 0 spiro atoms. The van der Waals surface area contributed by atoms with Gasteiger partial charge in [-0.2, -0.15) is 0 Å². The molecule has 0 unspecified atom stereocenters. The van der Waals surface area contributed by atoms with E-state index < -0.39 is 0 Å². The Morgan fingerprint density at radius 3 is 0.907 bits per heavy atom. The van der Waals surface area contributed by atoms with Gasteiger partial charge in [0, 0.05) is 5.02 Å². The van der Waals surface area contributed by atoms with Crippen LogP contribution in [0.5, 0.6) is 0 Å². The third-order valence-corrected chi connectivity index (χ3v) is 8.16. The third-order valence-electron chi connectivity index (χ3n) is 7.94. The largest absolute Gasteiger partial charge is 0.0843 e. The number of hydrogen-bond donors (Lipinski definition) is 0. The van der Waals surface area contributed by atoms with Gasteiger partial charge in [0.25, 0.3) is 0 Å². The summed E-state index contributed by atoms with van der Waals surface area (Å²) in [5.41, 5.74) is 14.0. The SMILES string of the molecule is Clc1cc(-c2ccc(-c3ccccc3)c(-c3ccccc3)c2)cc(-c2ccc(-c3ccccc3)c(-c3ccccc3)c2)c1. The maximum atomic E-state index is 6.82. The van der Waals surface area contributed by atoms with Gasteiger partial charge >= 0.3 is 0 Å². The van der Waals surface area contributed by atoms with Crippen LogP contribution in [0.3, 0.4) is 0 Å². The highest BCUT2D eigenvalue weighted by molar-refractivity contribution is 6.31. The zero-order chi connectivity index (χ0) is 29.0. The smallest absolute Gasteiger partial charge is 0.0418 e. The summed E-state index contributed by atoms with van der Waals surface area (Å²) in [5, 5.41) is 0.717. The quantitative estimate of drug-likeness (QED) is 0.187. The van der Waals surface area contributed by atoms with Gasteiger partial charge in [0.1, 0.15) is 0 Å². The Kier molecular flexibility index (Phi) is 7.44. The Bertz CT molecular complexity index is 1850. The van der Waals surface area contributed by atoms with Crippen LogP contribution in [0.4, 0.5) is 0 Å². The minimum atomic E-state index is 0.717. The van der Waals surface area contributed by atoms with E-state index in [-0.39, 0.29) is 0 Å². The number of benzene rings is 7. The van der Waals surface area contributed by atoms with Crippen LogP contribution in [0.1, 0.15) is 0 Å². The van der Waals surface area contributed by atoms with Gasteiger partial charge < -0.3 is 0 Å². The average Bonchev–Trinajstić information content (AvgIpc) is 3.09. The average molecular weight is 569 g/mol. The second-order valence-electron chi connectivity index (χ2n) is 10.7. The van der Waals surface area contributed by atoms with E-state index in [0.717, 1.165) is 22.3 Å². The highest BCUT2D eigenvalue weighted by Crippen LogP contribution is 2.40. The molecule has 0 nitrogen and oxygen atoms in total. The van der Waals surface area contributed by atoms with E-state index in [4.69, 9.17) is 11.6 Å². The van der Waals surface area contributed by atoms with Crippen molar-refractivity contribution in [2.75, 3.05) is 0 Å². The minimum Gasteiger partial charge on any atom is -0.0843 e. The minimum absolute atomic E-state index is 0.717. The molecular weight excluding hydrogens is 540 g/mol. The molecule has 0 fully saturated rings. The van der Waals surface area contributed by atoms with E-state index in [0.29, 0.717) is 5.02 Å². The summed E-state index contributed by atoms with van der Waals surface area (Å²) in [4.78, 5) is 0. The van der Waals surface area contributed by atoms with Crippen molar-refractivity contribution in [2.45, 2.75) is 0 Å². The molecule has 0 saturated carbocycles. The van der Waals surface area contributed by atoms with Crippen LogP contribution in [0.2, 0.25) is 5.02 Å². The molecule has 1 heteroatoms. The second kappa shape index (κ2) is 12.0. The van der Waals surface area contributed by atoms with Gasteiger partial charge in [0.2, 0.25) is 0 Å². The maximum Gasteiger partial charge on any atom is 0.0418 e. The fourth-order valence-corrected chi connectivity index (χ4v) is 6.06. The van der Waals surface area contributed by atoms with Crippen molar-refractivity contribution in [3.05, 3.63) is 181 Å². The summed E-state index contributed by atoms with van der Waals surface area (Å²) in [7, 11) is 0. The van der Waals surface area contributed by atoms with Gasteiger partial charge in [-0.3, -0.25) is 0 Å². The van der Waals surface area contributed by atoms with E-state index >= 15 is 0 Å². The molecular formula is C42H29Cl. The van der Waals surface area contributed by atoms with E-state index in [9.17, 15) is 0 Å². The lowest BCUT2D eigenvalue weighted by Crippen LogP contribution is -1.90. The van der Waals surface area contributed by atoms with Crippen molar-refractivity contribution in [2.24, 2.45) is 0 Å². The standard InChI is InChI=1S/C42H29Cl/c43-38-26-36(34-21-23-39(30-13-5-1-6-14-30)41(28-34)32-17-9-3-10-18-32)25-37(27-38)35-22-24-40(31-15-7-2-8-16-31)42(29-35)33-19-11-4-12-20-33/h1-29H. The molecule has 0 bridgehead atoms. The van der Waals surface area contributed by atoms with E-state index in [1.165, 1.54) is 44.5 Å². The molecule has 0 aromatic heterocycles. The lowest BCUT2D eigenvalue weighted by molar-refractivity contribution is 1.54. The molecule has 0 radical (unpaired) electrons. The predicted octanol–water partition coefficient (Wildman–Crippen LogP) is 12.3. The Hall–Kier alpha value is -5.17. The molecule has 0 N–H and O–H groups in total. The number of rotatable bonds is 6. The second-order valence-corrected chi connectivity index (χ2v) is 11.1. The van der Waals surface area contributed by atoms with Crippen molar-refractivity contribution >= 4 is 11.6 Å². The fraction of sp³-hybridized carbons (Fsp3) is 0. The molecule has 204 valence electrons. The van der Waals surface area contributed by atoms with E-state index in [1.54, 1.807) is 0 Å². The summed E-state index contributed by atoms with van der Waals surface area (Å²) in [6, 6.07) is 62.2. The van der Waals surface area contributed by atoms with Crippen LogP contribution in [-0.2, 0) is 0 Å². The van der Waals surface area contributed by atoms with Crippen molar-refractivity contribution in [3.8, 4) is 66.8 Å². The predicted molar refractivity (Wildman–Crippen MR) is 184 cm³/mol. The first-order valence-electron chi connectivity index (χ1n) is 14.5. The molecule has 0 saturated heterocycles. The molecule has 7 rings (SSSR count). The Morgan fingerprint density at radius 2 is 0.558 bits per heavy atom. The summed E-state index contributed by atoms with van der Waals surface area (Å²) in [5.74, 6) is 0. The van der Waals surface area contributed by atoms with Crippen LogP contribution in [0.25, 0.3) is 66.8 Å². The molecule has 43 heavy (non-hydrogen) atoms. The highest BCUT2D eigenvalue weighted by Gasteiger charge is 2.13. The van der Waals surface area contributed by atoms with Crippen molar-refractivity contribution in [1.29, 1.82) is 0 Å². The lowest BCUT2D eigenvalue weighted by atomic mass is 9.89. The van der Waals surface area contributed by atoms with Crippen molar-refractivity contribution in [3.63, 3.8) is 0 Å². The summed E-state index contributed by atoms with van der Waals surface area (Å²) >= 11 is 6.82. The van der Waals surface area contributed by atoms with Gasteiger partial charge in [-0.15, -0.1) is 0 Å². The number of halogens is 1. The molecule has 7 aromatic carbocycles. The maximum absolute atomic E-state index is 6.82. The first-order valence-corrected chi connectivity index (χ1v) is 14.9. The van der Waals surface area contributed by atoms with Gasteiger partial charge in [-0.05, 0) is 97.1 Å². The molecule has 0 aliphatic heterocycles. The van der Waals surface area contributed by atoms with Gasteiger partial charge in [0.15, 0.2) is 0 Å². The molecule has 0 atom stereocenters. The van der Waals surface area contributed by atoms with Gasteiger partial charge in [-0.25, -0.2) is 0 Å². The third kappa shape index (κ3) is 5.66. The van der Waals surface area contributed by atoms with Gasteiger partial charge in [0.05, 0.1) is 0 Å². The van der Waals surface area contributed by atoms with Crippen LogP contribution >= 0.6 is 11.6 Å². The number of hydrogen-bond acceptors (Lipinski definition) is 0. The first-order chi connectivity index (χ1) is 21.2. The van der Waals surface area contributed by atoms with E-state index in [1.807, 2.05) is 0 Å². The zero-order valence-corrected chi connectivity index (χ0v) is 24.4. The van der Waals surface area contributed by atoms with Crippen LogP contribution in [0.15, 0.2) is 176 Å². The van der Waals surface area contributed by atoms with Gasteiger partial charge in [-0.1, -0.05) is 157 Å². The normalized spacial score (nSPS) is 10.9. The van der Waals surface area contributed by atoms with Crippen LogP contribution in [-0.4, -0.2) is 0 Å². The summed E-state index contributed by atoms with van der Waals surface area (Å²) in [6.45, 7) is 0. The Labute approximate surface area is 258 Å². The van der Waals surface area contributed by atoms with Crippen molar-refractivity contribution in [1.82, 2.24) is 0 Å². The van der Waals surface area contributed by atoms with Crippen LogP contribution in [0, 0.1) is 0 Å². The Balaban J connectivity index is 1.35. The Morgan fingerprint density at radius 1 is 0.233 bits per heavy atom. The fourth-order valence-electron chi connectivity index (χ4n) is 5.82. The summed E-state index contributed by atoms with van der Waals surface area (Å²) in [6.07, 6.45) is 0. The van der Waals surface area contributed by atoms with Crippen LogP contribution < -0.4 is 0 Å². The molecule has 0 aliphatic rings. The molecule has 0 aliphatic carbocycles. The van der Waals surface area contributed by atoms with Crippen molar-refractivity contribution < 1.29 is 0 Å². The summed E-state index contributed by atoms with van der Waals surface area (Å²) < 4.78 is 0. The molecule has 0 heterocycles. The molecule has 7 aromatic rings. The highest BCUT2D eigenvalue weighted by atomic mass is 35.5. The van der Waals surface area contributed by atoms with E-state index in [2.05, 4.69) is 176 Å².